The number of carbonyl (C=O) groups is 1. The van der Waals surface area contributed by atoms with Crippen molar-refractivity contribution in [2.75, 3.05) is 11.1 Å². The smallest absolute Gasteiger partial charge is 0.236 e. The van der Waals surface area contributed by atoms with Gasteiger partial charge >= 0.3 is 0 Å². The summed E-state index contributed by atoms with van der Waals surface area (Å²) in [6.45, 7) is 4.14. The molecule has 1 N–H and O–H groups in total. The lowest BCUT2D eigenvalue weighted by atomic mass is 10.1. The monoisotopic (exact) mass is 422 g/mol. The molecule has 2 heterocycles. The van der Waals surface area contributed by atoms with E-state index in [0.29, 0.717) is 10.3 Å². The molecule has 0 atom stereocenters. The fourth-order valence-corrected chi connectivity index (χ4v) is 4.13. The van der Waals surface area contributed by atoms with Crippen LogP contribution in [0.1, 0.15) is 11.1 Å². The first-order chi connectivity index (χ1) is 14.1. The van der Waals surface area contributed by atoms with E-state index in [9.17, 15) is 4.79 Å². The molecule has 4 aromatic rings. The molecule has 0 fully saturated rings. The molecule has 2 aromatic heterocycles. The third-order valence-electron chi connectivity index (χ3n) is 4.31. The number of nitrogens with one attached hydrogen (secondary N) is 1. The van der Waals surface area contributed by atoms with Gasteiger partial charge in [-0.2, -0.15) is 0 Å². The van der Waals surface area contributed by atoms with E-state index < -0.39 is 0 Å². The summed E-state index contributed by atoms with van der Waals surface area (Å²) in [6, 6.07) is 15.9. The van der Waals surface area contributed by atoms with Crippen LogP contribution in [-0.4, -0.2) is 36.6 Å². The summed E-state index contributed by atoms with van der Waals surface area (Å²) in [7, 11) is 0. The van der Waals surface area contributed by atoms with E-state index >= 15 is 0 Å². The van der Waals surface area contributed by atoms with Crippen molar-refractivity contribution in [2.45, 2.75) is 19.0 Å². The fourth-order valence-electron chi connectivity index (χ4n) is 2.63. The maximum absolute atomic E-state index is 12.3. The Balaban J connectivity index is 1.39. The third kappa shape index (κ3) is 4.52. The zero-order valence-corrected chi connectivity index (χ0v) is 17.5. The number of aryl methyl sites for hydroxylation is 2. The van der Waals surface area contributed by atoms with Gasteiger partial charge in [0.05, 0.1) is 5.75 Å². The summed E-state index contributed by atoms with van der Waals surface area (Å²) < 4.78 is 1.88. The number of rotatable bonds is 6. The average molecular weight is 423 g/mol. The van der Waals surface area contributed by atoms with Crippen molar-refractivity contribution in [3.05, 3.63) is 66.0 Å². The molecule has 0 saturated heterocycles. The highest BCUT2D eigenvalue weighted by atomic mass is 32.2. The molecule has 146 valence electrons. The van der Waals surface area contributed by atoms with Crippen LogP contribution in [0.25, 0.3) is 16.3 Å². The van der Waals surface area contributed by atoms with Gasteiger partial charge in [0.25, 0.3) is 0 Å². The third-order valence-corrected chi connectivity index (χ3v) is 6.14. The highest BCUT2D eigenvalue weighted by Crippen LogP contribution is 2.26. The topological polar surface area (TPSA) is 85.6 Å². The molecule has 0 saturated carbocycles. The zero-order valence-electron chi connectivity index (χ0n) is 15.9. The van der Waals surface area contributed by atoms with Crippen LogP contribution in [0.15, 0.2) is 60.0 Å². The molecule has 0 unspecified atom stereocenters. The molecule has 0 radical (unpaired) electrons. The van der Waals surface area contributed by atoms with Crippen LogP contribution >= 0.6 is 23.1 Å². The second-order valence-corrected chi connectivity index (χ2v) is 8.29. The molecule has 2 aromatic carbocycles. The number of anilines is 1. The molecule has 0 aliphatic carbocycles. The normalized spacial score (nSPS) is 10.8. The molecule has 0 aliphatic heterocycles. The first kappa shape index (κ1) is 19.3. The van der Waals surface area contributed by atoms with Gasteiger partial charge in [-0.15, -0.1) is 20.4 Å². The van der Waals surface area contributed by atoms with E-state index in [4.69, 9.17) is 0 Å². The van der Waals surface area contributed by atoms with E-state index in [0.717, 1.165) is 16.3 Å². The Morgan fingerprint density at radius 2 is 1.90 bits per heavy atom. The number of hydrogen-bond acceptors (Lipinski definition) is 7. The van der Waals surface area contributed by atoms with Crippen molar-refractivity contribution >= 4 is 34.1 Å². The number of thioether (sulfide) groups is 1. The van der Waals surface area contributed by atoms with Gasteiger partial charge in [-0.1, -0.05) is 59.5 Å². The number of nitrogens with zero attached hydrogens (tertiary/aromatic N) is 5. The molecule has 0 aliphatic rings. The number of carbonyl (C=O) groups excluding carboxylic acids is 1. The SMILES string of the molecule is Cc1ccc(-n2cnnc2SCC(=O)Nc2nnc(-c3ccccc3)s2)cc1C. The van der Waals surface area contributed by atoms with Crippen molar-refractivity contribution in [2.24, 2.45) is 0 Å². The Bertz CT molecular complexity index is 1140. The van der Waals surface area contributed by atoms with Gasteiger partial charge in [0.1, 0.15) is 11.3 Å². The summed E-state index contributed by atoms with van der Waals surface area (Å²) >= 11 is 2.67. The molecule has 4 rings (SSSR count). The standard InChI is InChI=1S/C20H18N6OS2/c1-13-8-9-16(10-14(13)2)26-12-21-25-20(26)28-11-17(27)22-19-24-23-18(29-19)15-6-4-3-5-7-15/h3-10,12H,11H2,1-2H3,(H,22,24,27). The van der Waals surface area contributed by atoms with Crippen LogP contribution in [0.4, 0.5) is 5.13 Å². The van der Waals surface area contributed by atoms with Crippen molar-refractivity contribution in [3.63, 3.8) is 0 Å². The maximum atomic E-state index is 12.3. The molecule has 29 heavy (non-hydrogen) atoms. The summed E-state index contributed by atoms with van der Waals surface area (Å²) in [4.78, 5) is 12.3. The van der Waals surface area contributed by atoms with Crippen LogP contribution in [0, 0.1) is 13.8 Å². The number of hydrogen-bond donors (Lipinski definition) is 1. The van der Waals surface area contributed by atoms with E-state index in [-0.39, 0.29) is 11.7 Å². The number of benzene rings is 2. The predicted octanol–water partition coefficient (Wildman–Crippen LogP) is 4.13. The lowest BCUT2D eigenvalue weighted by Crippen LogP contribution is -2.14. The molecule has 1 amide bonds. The van der Waals surface area contributed by atoms with Gasteiger partial charge in [0, 0.05) is 11.3 Å². The predicted molar refractivity (Wildman–Crippen MR) is 116 cm³/mol. The van der Waals surface area contributed by atoms with Crippen molar-refractivity contribution in [1.29, 1.82) is 0 Å². The molecule has 9 heteroatoms. The van der Waals surface area contributed by atoms with E-state index in [2.05, 4.69) is 51.7 Å². The first-order valence-electron chi connectivity index (χ1n) is 8.89. The summed E-state index contributed by atoms with van der Waals surface area (Å²) in [5.74, 6) is 0.0319. The summed E-state index contributed by atoms with van der Waals surface area (Å²) in [5.41, 5.74) is 4.36. The van der Waals surface area contributed by atoms with Crippen LogP contribution < -0.4 is 5.32 Å². The van der Waals surface area contributed by atoms with Gasteiger partial charge in [0.2, 0.25) is 11.0 Å². The van der Waals surface area contributed by atoms with Gasteiger partial charge in [-0.25, -0.2) is 0 Å². The van der Waals surface area contributed by atoms with Gasteiger partial charge in [-0.05, 0) is 37.1 Å². The van der Waals surface area contributed by atoms with E-state index in [1.807, 2.05) is 41.0 Å². The Morgan fingerprint density at radius 3 is 2.69 bits per heavy atom. The van der Waals surface area contributed by atoms with E-state index in [1.165, 1.54) is 34.2 Å². The Kier molecular flexibility index (Phi) is 5.68. The second-order valence-electron chi connectivity index (χ2n) is 6.37. The quantitative estimate of drug-likeness (QED) is 0.470. The Morgan fingerprint density at radius 1 is 1.07 bits per heavy atom. The van der Waals surface area contributed by atoms with Crippen LogP contribution in [0.5, 0.6) is 0 Å². The minimum atomic E-state index is -0.166. The van der Waals surface area contributed by atoms with E-state index in [1.54, 1.807) is 6.33 Å². The van der Waals surface area contributed by atoms with Crippen molar-refractivity contribution in [1.82, 2.24) is 25.0 Å². The Labute approximate surface area is 176 Å². The highest BCUT2D eigenvalue weighted by Gasteiger charge is 2.13. The zero-order chi connectivity index (χ0) is 20.2. The van der Waals surface area contributed by atoms with Crippen LogP contribution in [0.2, 0.25) is 0 Å². The number of aromatic nitrogens is 5. The Hall–Kier alpha value is -3.04. The number of amides is 1. The first-order valence-corrected chi connectivity index (χ1v) is 10.7. The summed E-state index contributed by atoms with van der Waals surface area (Å²) in [6.07, 6.45) is 1.65. The van der Waals surface area contributed by atoms with Gasteiger partial charge in [-0.3, -0.25) is 14.7 Å². The molecule has 0 bridgehead atoms. The molecular weight excluding hydrogens is 404 g/mol. The van der Waals surface area contributed by atoms with Gasteiger partial charge < -0.3 is 0 Å². The highest BCUT2D eigenvalue weighted by molar-refractivity contribution is 7.99. The molecule has 7 nitrogen and oxygen atoms in total. The van der Waals surface area contributed by atoms with Crippen LogP contribution in [-0.2, 0) is 4.79 Å². The molecule has 0 spiro atoms. The average Bonchev–Trinajstić information content (AvgIpc) is 3.39. The second kappa shape index (κ2) is 8.54. The molecular formula is C20H18N6OS2. The minimum absolute atomic E-state index is 0.166. The fraction of sp³-hybridized carbons (Fsp3) is 0.150. The lowest BCUT2D eigenvalue weighted by molar-refractivity contribution is -0.113. The van der Waals surface area contributed by atoms with Crippen molar-refractivity contribution < 1.29 is 4.79 Å². The van der Waals surface area contributed by atoms with Gasteiger partial charge in [0.15, 0.2) is 5.16 Å². The summed E-state index contributed by atoms with van der Waals surface area (Å²) in [5, 5.41) is 21.0. The van der Waals surface area contributed by atoms with Crippen molar-refractivity contribution in [3.8, 4) is 16.3 Å². The lowest BCUT2D eigenvalue weighted by Gasteiger charge is -2.08. The maximum Gasteiger partial charge on any atom is 0.236 e. The minimum Gasteiger partial charge on any atom is -0.300 e. The van der Waals surface area contributed by atoms with Crippen LogP contribution in [0.3, 0.4) is 0 Å². The largest absolute Gasteiger partial charge is 0.300 e.